The summed E-state index contributed by atoms with van der Waals surface area (Å²) in [7, 11) is 1.54. The predicted molar refractivity (Wildman–Crippen MR) is 70.9 cm³/mol. The third-order valence-corrected chi connectivity index (χ3v) is 6.33. The molecule has 0 radical (unpaired) electrons. The lowest BCUT2D eigenvalue weighted by Crippen LogP contribution is -2.62. The van der Waals surface area contributed by atoms with Gasteiger partial charge in [-0.25, -0.2) is 0 Å². The van der Waals surface area contributed by atoms with Crippen LogP contribution in [0.3, 0.4) is 0 Å². The molecule has 5 atom stereocenters. The van der Waals surface area contributed by atoms with E-state index in [2.05, 4.69) is 26.8 Å². The number of esters is 1. The molecule has 2 heteroatoms. The van der Waals surface area contributed by atoms with Crippen LogP contribution in [0.25, 0.3) is 0 Å². The van der Waals surface area contributed by atoms with Crippen LogP contribution in [0.4, 0.5) is 0 Å². The Bertz CT molecular complexity index is 425. The van der Waals surface area contributed by atoms with Crippen LogP contribution in [0, 0.1) is 28.6 Å². The Morgan fingerprint density at radius 2 is 2.11 bits per heavy atom. The number of fused-ring (bicyclic) bond motifs is 1. The lowest BCUT2D eigenvalue weighted by Gasteiger charge is -2.65. The highest BCUT2D eigenvalue weighted by atomic mass is 16.5. The highest BCUT2D eigenvalue weighted by Gasteiger charge is 2.68. The van der Waals surface area contributed by atoms with E-state index in [0.717, 1.165) is 12.8 Å². The van der Waals surface area contributed by atoms with Gasteiger partial charge in [0.2, 0.25) is 0 Å². The van der Waals surface area contributed by atoms with Gasteiger partial charge < -0.3 is 4.74 Å². The van der Waals surface area contributed by atoms with E-state index in [1.54, 1.807) is 0 Å². The smallest absolute Gasteiger partial charge is 0.311 e. The molecular formula is C16H24O2. The summed E-state index contributed by atoms with van der Waals surface area (Å²) in [4.78, 5) is 12.3. The molecule has 3 rings (SSSR count). The average molecular weight is 248 g/mol. The maximum atomic E-state index is 12.3. The van der Waals surface area contributed by atoms with Gasteiger partial charge in [0.05, 0.1) is 12.5 Å². The van der Waals surface area contributed by atoms with Gasteiger partial charge in [-0.2, -0.15) is 0 Å². The fourth-order valence-corrected chi connectivity index (χ4v) is 5.45. The van der Waals surface area contributed by atoms with Gasteiger partial charge >= 0.3 is 5.97 Å². The summed E-state index contributed by atoms with van der Waals surface area (Å²) in [5, 5.41) is 0. The standard InChI is InChI=1S/C16H24O2/c1-10-6-7-11-13-12(10)15(11,2)8-5-9-16(13,3)14(17)18-4/h6,11-13H,5,7-9H2,1-4H3/t11-,12+,13-,15+,16+/m1/s1. The van der Waals surface area contributed by atoms with Crippen molar-refractivity contribution in [3.8, 4) is 0 Å². The van der Waals surface area contributed by atoms with E-state index in [1.165, 1.54) is 25.5 Å². The van der Waals surface area contributed by atoms with Gasteiger partial charge in [-0.15, -0.1) is 0 Å². The van der Waals surface area contributed by atoms with E-state index in [9.17, 15) is 4.79 Å². The molecule has 0 aromatic carbocycles. The molecule has 2 nitrogen and oxygen atoms in total. The van der Waals surface area contributed by atoms with Gasteiger partial charge in [0.1, 0.15) is 0 Å². The lowest BCUT2D eigenvalue weighted by atomic mass is 9.38. The van der Waals surface area contributed by atoms with E-state index in [0.29, 0.717) is 23.2 Å². The van der Waals surface area contributed by atoms with E-state index in [-0.39, 0.29) is 11.4 Å². The first-order valence-electron chi connectivity index (χ1n) is 7.20. The topological polar surface area (TPSA) is 26.3 Å². The minimum Gasteiger partial charge on any atom is -0.469 e. The number of rotatable bonds is 1. The second kappa shape index (κ2) is 3.61. The van der Waals surface area contributed by atoms with Crippen molar-refractivity contribution in [2.75, 3.05) is 7.11 Å². The molecule has 0 spiro atoms. The Morgan fingerprint density at radius 3 is 2.72 bits per heavy atom. The van der Waals surface area contributed by atoms with Gasteiger partial charge in [0, 0.05) is 0 Å². The predicted octanol–water partition coefficient (Wildman–Crippen LogP) is 3.57. The SMILES string of the molecule is COC(=O)[C@@]1(C)CCC[C@@]2(C)[C@@H]3CC=C(C)[C@H]2[C@@H]31. The number of allylic oxidation sites excluding steroid dienone is 2. The van der Waals surface area contributed by atoms with Crippen molar-refractivity contribution < 1.29 is 9.53 Å². The summed E-state index contributed by atoms with van der Waals surface area (Å²) >= 11 is 0. The molecule has 0 saturated heterocycles. The van der Waals surface area contributed by atoms with Crippen molar-refractivity contribution in [2.45, 2.75) is 46.5 Å². The molecule has 0 aromatic rings. The van der Waals surface area contributed by atoms with Gasteiger partial charge in [-0.1, -0.05) is 25.0 Å². The molecule has 4 bridgehead atoms. The fourth-order valence-electron chi connectivity index (χ4n) is 5.45. The zero-order valence-corrected chi connectivity index (χ0v) is 12.0. The highest BCUT2D eigenvalue weighted by Crippen LogP contribution is 2.72. The summed E-state index contributed by atoms with van der Waals surface area (Å²) in [6.07, 6.45) is 7.00. The van der Waals surface area contributed by atoms with E-state index in [1.807, 2.05) is 0 Å². The van der Waals surface area contributed by atoms with Crippen LogP contribution >= 0.6 is 0 Å². The number of ether oxygens (including phenoxy) is 1. The lowest BCUT2D eigenvalue weighted by molar-refractivity contribution is -0.181. The molecule has 0 aromatic heterocycles. The zero-order valence-electron chi connectivity index (χ0n) is 12.0. The van der Waals surface area contributed by atoms with Gasteiger partial charge in [-0.3, -0.25) is 4.79 Å². The molecular weight excluding hydrogens is 224 g/mol. The Morgan fingerprint density at radius 1 is 1.39 bits per heavy atom. The van der Waals surface area contributed by atoms with Crippen molar-refractivity contribution in [3.63, 3.8) is 0 Å². The first-order valence-corrected chi connectivity index (χ1v) is 7.20. The summed E-state index contributed by atoms with van der Waals surface area (Å²) in [6.45, 7) is 6.85. The molecule has 2 fully saturated rings. The third kappa shape index (κ3) is 1.22. The quantitative estimate of drug-likeness (QED) is 0.524. The van der Waals surface area contributed by atoms with Crippen molar-refractivity contribution in [2.24, 2.45) is 28.6 Å². The Kier molecular flexibility index (Phi) is 2.46. The summed E-state index contributed by atoms with van der Waals surface area (Å²) in [6, 6.07) is 0. The number of hydrogen-bond donors (Lipinski definition) is 0. The molecule has 3 aliphatic rings. The fraction of sp³-hybridized carbons (Fsp3) is 0.812. The van der Waals surface area contributed by atoms with Gasteiger partial charge in [-0.05, 0) is 56.3 Å². The van der Waals surface area contributed by atoms with Crippen LogP contribution in [0.5, 0.6) is 0 Å². The van der Waals surface area contributed by atoms with Crippen LogP contribution < -0.4 is 0 Å². The van der Waals surface area contributed by atoms with E-state index >= 15 is 0 Å². The van der Waals surface area contributed by atoms with Crippen LogP contribution in [0.15, 0.2) is 11.6 Å². The summed E-state index contributed by atoms with van der Waals surface area (Å²) in [5.41, 5.74) is 1.72. The minimum atomic E-state index is -0.254. The molecule has 100 valence electrons. The van der Waals surface area contributed by atoms with Gasteiger partial charge in [0.25, 0.3) is 0 Å². The van der Waals surface area contributed by atoms with Crippen molar-refractivity contribution in [1.82, 2.24) is 0 Å². The molecule has 0 amide bonds. The Labute approximate surface area is 110 Å². The monoisotopic (exact) mass is 248 g/mol. The van der Waals surface area contributed by atoms with Crippen molar-refractivity contribution >= 4 is 5.97 Å². The number of hydrogen-bond acceptors (Lipinski definition) is 2. The Balaban J connectivity index is 2.04. The first kappa shape index (κ1) is 12.3. The first-order chi connectivity index (χ1) is 8.45. The normalized spacial score (nSPS) is 49.8. The molecule has 3 aliphatic carbocycles. The van der Waals surface area contributed by atoms with Crippen molar-refractivity contribution in [1.29, 1.82) is 0 Å². The van der Waals surface area contributed by atoms with E-state index < -0.39 is 0 Å². The van der Waals surface area contributed by atoms with Gasteiger partial charge in [0.15, 0.2) is 0 Å². The highest BCUT2D eigenvalue weighted by molar-refractivity contribution is 5.77. The molecule has 0 unspecified atom stereocenters. The second-order valence-corrected chi connectivity index (χ2v) is 7.06. The zero-order chi connectivity index (χ0) is 13.1. The van der Waals surface area contributed by atoms with Crippen LogP contribution in [-0.4, -0.2) is 13.1 Å². The number of carbonyl (C=O) groups excluding carboxylic acids is 1. The van der Waals surface area contributed by atoms with Crippen LogP contribution in [0.1, 0.15) is 46.5 Å². The summed E-state index contributed by atoms with van der Waals surface area (Å²) < 4.78 is 5.12. The van der Waals surface area contributed by atoms with Crippen LogP contribution in [-0.2, 0) is 9.53 Å². The molecule has 0 heterocycles. The van der Waals surface area contributed by atoms with Crippen molar-refractivity contribution in [3.05, 3.63) is 11.6 Å². The maximum absolute atomic E-state index is 12.3. The largest absolute Gasteiger partial charge is 0.469 e. The Hall–Kier alpha value is -0.790. The maximum Gasteiger partial charge on any atom is 0.311 e. The van der Waals surface area contributed by atoms with Crippen LogP contribution in [0.2, 0.25) is 0 Å². The number of methoxy groups -OCH3 is 1. The number of carbonyl (C=O) groups is 1. The third-order valence-electron chi connectivity index (χ3n) is 6.33. The molecule has 2 saturated carbocycles. The summed E-state index contributed by atoms with van der Waals surface area (Å²) in [5.74, 6) is 1.84. The molecule has 18 heavy (non-hydrogen) atoms. The average Bonchev–Trinajstić information content (AvgIpc) is 2.54. The van der Waals surface area contributed by atoms with E-state index in [4.69, 9.17) is 4.74 Å². The minimum absolute atomic E-state index is 0.0150. The second-order valence-electron chi connectivity index (χ2n) is 7.06. The molecule has 0 N–H and O–H groups in total. The molecule has 0 aliphatic heterocycles.